The Bertz CT molecular complexity index is 1200. The van der Waals surface area contributed by atoms with E-state index in [0.29, 0.717) is 10.5 Å². The molecule has 3 rings (SSSR count). The first-order chi connectivity index (χ1) is 15.7. The lowest BCUT2D eigenvalue weighted by Gasteiger charge is -2.17. The zero-order valence-corrected chi connectivity index (χ0v) is 18.0. The Labute approximate surface area is 189 Å². The van der Waals surface area contributed by atoms with Crippen molar-refractivity contribution in [3.8, 4) is 5.75 Å². The molecular formula is C21H15BF8O3S. The third-order valence-electron chi connectivity index (χ3n) is 4.41. The van der Waals surface area contributed by atoms with Crippen molar-refractivity contribution in [3.05, 3.63) is 89.2 Å². The molecule has 0 spiro atoms. The van der Waals surface area contributed by atoms with E-state index >= 15 is 0 Å². The number of hydrogen-bond acceptors (Lipinski definition) is 3. The summed E-state index contributed by atoms with van der Waals surface area (Å²) in [6, 6.07) is 15.0. The first kappa shape index (κ1) is 27.0. The highest BCUT2D eigenvalue weighted by Crippen LogP contribution is 2.22. The SMILES string of the molecule is C[S+](=O)(CC(=O)c1ccc(O)cc1)c1ccccc1.Fc1c(F)c(F)c([B-](F)(F)F)c(F)c1F. The lowest BCUT2D eigenvalue weighted by molar-refractivity contribution is 0.102. The van der Waals surface area contributed by atoms with E-state index in [0.717, 1.165) is 0 Å². The van der Waals surface area contributed by atoms with E-state index in [2.05, 4.69) is 0 Å². The minimum absolute atomic E-state index is 0.0260. The largest absolute Gasteiger partial charge is 0.515 e. The highest BCUT2D eigenvalue weighted by Gasteiger charge is 2.38. The van der Waals surface area contributed by atoms with E-state index in [4.69, 9.17) is 0 Å². The van der Waals surface area contributed by atoms with Crippen LogP contribution in [-0.2, 0) is 14.1 Å². The van der Waals surface area contributed by atoms with Crippen molar-refractivity contribution in [2.75, 3.05) is 12.0 Å². The molecule has 0 saturated carbocycles. The monoisotopic (exact) mass is 510 g/mol. The predicted molar refractivity (Wildman–Crippen MR) is 111 cm³/mol. The summed E-state index contributed by atoms with van der Waals surface area (Å²) in [5, 5.41) is 9.18. The third kappa shape index (κ3) is 6.22. The molecule has 0 saturated heterocycles. The van der Waals surface area contributed by atoms with E-state index in [1.807, 2.05) is 18.2 Å². The Morgan fingerprint density at radius 2 is 1.24 bits per heavy atom. The van der Waals surface area contributed by atoms with Crippen molar-refractivity contribution in [1.29, 1.82) is 0 Å². The molecule has 0 aliphatic rings. The van der Waals surface area contributed by atoms with Crippen LogP contribution in [0.3, 0.4) is 0 Å². The summed E-state index contributed by atoms with van der Waals surface area (Å²) >= 11 is 0. The van der Waals surface area contributed by atoms with Gasteiger partial charge in [0.2, 0.25) is 5.78 Å². The van der Waals surface area contributed by atoms with Gasteiger partial charge in [0.1, 0.15) is 33.6 Å². The number of hydrogen-bond donors (Lipinski definition) is 1. The van der Waals surface area contributed by atoms with Gasteiger partial charge in [-0.2, -0.15) is 0 Å². The number of carbonyl (C=O) groups is 1. The normalized spacial score (nSPS) is 13.0. The number of carbonyl (C=O) groups excluding carboxylic acids is 1. The minimum atomic E-state index is -6.30. The molecule has 34 heavy (non-hydrogen) atoms. The maximum absolute atomic E-state index is 12.6. The highest BCUT2D eigenvalue weighted by atomic mass is 32.2. The van der Waals surface area contributed by atoms with Gasteiger partial charge in [0.15, 0.2) is 28.1 Å². The molecule has 1 atom stereocenters. The number of phenolic OH excluding ortho intramolecular Hbond substituents is 1. The number of aromatic hydroxyl groups is 1. The maximum Gasteiger partial charge on any atom is 0.515 e. The van der Waals surface area contributed by atoms with Gasteiger partial charge >= 0.3 is 6.98 Å². The van der Waals surface area contributed by atoms with E-state index in [1.165, 1.54) is 24.3 Å². The Balaban J connectivity index is 0.000000248. The van der Waals surface area contributed by atoms with Crippen molar-refractivity contribution in [1.82, 2.24) is 0 Å². The number of rotatable bonds is 5. The molecular weight excluding hydrogens is 495 g/mol. The van der Waals surface area contributed by atoms with Crippen LogP contribution < -0.4 is 5.46 Å². The van der Waals surface area contributed by atoms with Gasteiger partial charge < -0.3 is 18.1 Å². The van der Waals surface area contributed by atoms with Gasteiger partial charge in [-0.05, 0) is 41.9 Å². The summed E-state index contributed by atoms with van der Waals surface area (Å²) in [5.74, 6) is -13.7. The molecule has 0 bridgehead atoms. The molecule has 3 nitrogen and oxygen atoms in total. The van der Waals surface area contributed by atoms with Gasteiger partial charge in [0.25, 0.3) is 0 Å². The van der Waals surface area contributed by atoms with Gasteiger partial charge in [-0.3, -0.25) is 4.79 Å². The Hall–Kier alpha value is -3.22. The molecule has 13 heteroatoms. The quantitative estimate of drug-likeness (QED) is 0.128. The second-order valence-corrected chi connectivity index (χ2v) is 9.76. The third-order valence-corrected chi connectivity index (χ3v) is 6.49. The Morgan fingerprint density at radius 3 is 1.68 bits per heavy atom. The molecule has 3 aromatic rings. The second-order valence-electron chi connectivity index (χ2n) is 6.99. The minimum Gasteiger partial charge on any atom is -0.508 e. The predicted octanol–water partition coefficient (Wildman–Crippen LogP) is 5.20. The lowest BCUT2D eigenvalue weighted by atomic mass is 9.79. The van der Waals surface area contributed by atoms with Gasteiger partial charge in [0.05, 0.1) is 0 Å². The van der Waals surface area contributed by atoms with Crippen LogP contribution in [0.1, 0.15) is 10.4 Å². The van der Waals surface area contributed by atoms with E-state index in [-0.39, 0.29) is 17.3 Å². The Kier molecular flexibility index (Phi) is 8.24. The molecule has 0 aromatic heterocycles. The molecule has 0 aliphatic heterocycles. The van der Waals surface area contributed by atoms with Crippen molar-refractivity contribution in [2.45, 2.75) is 4.90 Å². The van der Waals surface area contributed by atoms with E-state index < -0.39 is 51.5 Å². The maximum atomic E-state index is 12.6. The highest BCUT2D eigenvalue weighted by molar-refractivity contribution is 8.03. The van der Waals surface area contributed by atoms with Crippen LogP contribution in [0.4, 0.5) is 34.9 Å². The van der Waals surface area contributed by atoms with Crippen LogP contribution in [0.5, 0.6) is 5.75 Å². The van der Waals surface area contributed by atoms with Crippen LogP contribution in [0.15, 0.2) is 59.5 Å². The second kappa shape index (κ2) is 10.4. The molecule has 0 aliphatic carbocycles. The smallest absolute Gasteiger partial charge is 0.508 e. The summed E-state index contributed by atoms with van der Waals surface area (Å²) in [7, 11) is -2.38. The number of halogens is 8. The number of Topliss-reactive ketones (excluding diaryl/α,β-unsaturated/α-hetero) is 1. The van der Waals surface area contributed by atoms with Crippen LogP contribution in [0.25, 0.3) is 0 Å². The average molecular weight is 510 g/mol. The fraction of sp³-hybridized carbons (Fsp3) is 0.0952. The van der Waals surface area contributed by atoms with Crippen molar-refractivity contribution in [3.63, 3.8) is 0 Å². The Morgan fingerprint density at radius 1 is 0.794 bits per heavy atom. The summed E-state index contributed by atoms with van der Waals surface area (Å²) in [6.07, 6.45) is 1.60. The van der Waals surface area contributed by atoms with Crippen LogP contribution >= 0.6 is 0 Å². The zero-order chi connectivity index (χ0) is 25.8. The van der Waals surface area contributed by atoms with Crippen molar-refractivity contribution < 1.29 is 49.0 Å². The van der Waals surface area contributed by atoms with Gasteiger partial charge in [-0.25, -0.2) is 22.0 Å². The molecule has 0 heterocycles. The standard InChI is InChI=1S/C15H14O3S.C6BF8/c1-19(18,14-5-3-2-4-6-14)11-15(17)12-7-9-13(16)10-8-12;8-2-1(7(13,14)15)3(9)5(11)6(12)4(2)10/h2-10H,11H2,1H3;/q;-1/p+1. The van der Waals surface area contributed by atoms with Crippen molar-refractivity contribution in [2.24, 2.45) is 0 Å². The topological polar surface area (TPSA) is 54.4 Å². The lowest BCUT2D eigenvalue weighted by Crippen LogP contribution is -2.41. The number of ketones is 1. The summed E-state index contributed by atoms with van der Waals surface area (Å²) in [5.41, 5.74) is -2.27. The summed E-state index contributed by atoms with van der Waals surface area (Å²) < 4.78 is 110. The van der Waals surface area contributed by atoms with Crippen LogP contribution in [-0.4, -0.2) is 29.9 Å². The zero-order valence-electron chi connectivity index (χ0n) is 17.2. The molecule has 182 valence electrons. The molecule has 1 unspecified atom stereocenters. The first-order valence-electron chi connectivity index (χ1n) is 9.22. The summed E-state index contributed by atoms with van der Waals surface area (Å²) in [6.45, 7) is -6.30. The fourth-order valence-corrected chi connectivity index (χ4v) is 4.25. The summed E-state index contributed by atoms with van der Waals surface area (Å²) in [4.78, 5) is 12.8. The van der Waals surface area contributed by atoms with Crippen LogP contribution in [0.2, 0.25) is 0 Å². The number of benzene rings is 3. The molecule has 0 amide bonds. The van der Waals surface area contributed by atoms with Gasteiger partial charge in [-0.1, -0.05) is 22.4 Å². The first-order valence-corrected chi connectivity index (χ1v) is 11.4. The van der Waals surface area contributed by atoms with Crippen LogP contribution in [0, 0.1) is 29.1 Å². The number of phenols is 1. The molecule has 0 fully saturated rings. The molecule has 3 aromatic carbocycles. The fourth-order valence-electron chi connectivity index (χ4n) is 2.68. The van der Waals surface area contributed by atoms with E-state index in [9.17, 15) is 49.0 Å². The molecule has 1 N–H and O–H groups in total. The van der Waals surface area contributed by atoms with E-state index in [1.54, 1.807) is 18.4 Å². The molecule has 0 radical (unpaired) electrons. The van der Waals surface area contributed by atoms with Crippen molar-refractivity contribution >= 4 is 28.2 Å². The average Bonchev–Trinajstić information content (AvgIpc) is 2.77. The van der Waals surface area contributed by atoms with Gasteiger partial charge in [0, 0.05) is 5.56 Å². The van der Waals surface area contributed by atoms with Gasteiger partial charge in [-0.15, -0.1) is 0 Å².